The van der Waals surface area contributed by atoms with E-state index in [1.807, 2.05) is 19.1 Å². The summed E-state index contributed by atoms with van der Waals surface area (Å²) in [5.41, 5.74) is 2.16. The number of hydrogen-bond acceptors (Lipinski definition) is 8. The van der Waals surface area contributed by atoms with Gasteiger partial charge in [-0.3, -0.25) is 0 Å². The highest BCUT2D eigenvalue weighted by atomic mass is 16.5. The van der Waals surface area contributed by atoms with Gasteiger partial charge < -0.3 is 19.0 Å². The summed E-state index contributed by atoms with van der Waals surface area (Å²) in [5.74, 6) is 1.17. The molecule has 0 fully saturated rings. The fourth-order valence-corrected chi connectivity index (χ4v) is 4.13. The number of methoxy groups -OCH3 is 1. The number of fused-ring (bicyclic) bond motifs is 6. The summed E-state index contributed by atoms with van der Waals surface area (Å²) in [6, 6.07) is 12.2. The third-order valence-corrected chi connectivity index (χ3v) is 5.69. The number of phenolic OH excluding ortho intramolecular Hbond substituents is 1. The zero-order valence-corrected chi connectivity index (χ0v) is 17.1. The smallest absolute Gasteiger partial charge is 0.343 e. The SMILES string of the molecule is COc1ccc(-c2nc3c4c(ncn3n2)Oc2c(c(=O)oc3ccccc23)C4C)cc1O. The predicted octanol–water partition coefficient (Wildman–Crippen LogP) is 3.87. The Kier molecular flexibility index (Phi) is 3.76. The van der Waals surface area contributed by atoms with Crippen LogP contribution in [-0.4, -0.2) is 31.8 Å². The molecule has 0 bridgehead atoms. The number of ether oxygens (including phenoxy) is 2. The number of aromatic hydroxyl groups is 1. The predicted molar refractivity (Wildman–Crippen MR) is 115 cm³/mol. The monoisotopic (exact) mass is 428 g/mol. The molecule has 32 heavy (non-hydrogen) atoms. The molecule has 1 aliphatic heterocycles. The summed E-state index contributed by atoms with van der Waals surface area (Å²) in [5, 5.41) is 15.3. The van der Waals surface area contributed by atoms with Crippen LogP contribution in [0.2, 0.25) is 0 Å². The van der Waals surface area contributed by atoms with Gasteiger partial charge in [-0.1, -0.05) is 19.1 Å². The van der Waals surface area contributed by atoms with Gasteiger partial charge in [0.1, 0.15) is 11.9 Å². The Bertz CT molecular complexity index is 1600. The maximum absolute atomic E-state index is 12.8. The molecule has 1 aliphatic rings. The molecule has 6 rings (SSSR count). The average Bonchev–Trinajstić information content (AvgIpc) is 3.23. The minimum Gasteiger partial charge on any atom is -0.504 e. The van der Waals surface area contributed by atoms with Gasteiger partial charge in [0.15, 0.2) is 28.7 Å². The zero-order chi connectivity index (χ0) is 22.0. The molecule has 0 aliphatic carbocycles. The average molecular weight is 428 g/mol. The first kappa shape index (κ1) is 18.4. The molecule has 0 radical (unpaired) electrons. The standard InChI is InChI=1S/C23H16N4O5/c1-11-17-19(13-5-3-4-6-15(13)31-23(17)29)32-22-18(11)21-25-20(26-27(21)10-24-22)12-7-8-16(30-2)14(28)9-12/h3-11,28H,1-2H3. The van der Waals surface area contributed by atoms with Crippen LogP contribution in [-0.2, 0) is 0 Å². The summed E-state index contributed by atoms with van der Waals surface area (Å²) >= 11 is 0. The highest BCUT2D eigenvalue weighted by molar-refractivity contribution is 5.86. The van der Waals surface area contributed by atoms with E-state index in [0.29, 0.717) is 56.5 Å². The fraction of sp³-hybridized carbons (Fsp3) is 0.130. The van der Waals surface area contributed by atoms with Gasteiger partial charge in [-0.05, 0) is 30.3 Å². The number of aromatic nitrogens is 4. The van der Waals surface area contributed by atoms with Gasteiger partial charge in [0.25, 0.3) is 0 Å². The van der Waals surface area contributed by atoms with Crippen LogP contribution in [0.25, 0.3) is 28.0 Å². The van der Waals surface area contributed by atoms with Gasteiger partial charge in [-0.25, -0.2) is 19.3 Å². The molecule has 4 heterocycles. The Morgan fingerprint density at radius 1 is 1.16 bits per heavy atom. The number of benzene rings is 2. The van der Waals surface area contributed by atoms with Crippen molar-refractivity contribution < 1.29 is 19.0 Å². The van der Waals surface area contributed by atoms with Crippen LogP contribution in [0.4, 0.5) is 0 Å². The van der Waals surface area contributed by atoms with E-state index < -0.39 is 5.63 Å². The van der Waals surface area contributed by atoms with Crippen LogP contribution in [0.3, 0.4) is 0 Å². The van der Waals surface area contributed by atoms with Gasteiger partial charge in [0, 0.05) is 11.5 Å². The molecule has 0 spiro atoms. The summed E-state index contributed by atoms with van der Waals surface area (Å²) in [4.78, 5) is 21.9. The Balaban J connectivity index is 1.54. The maximum atomic E-state index is 12.8. The second-order valence-corrected chi connectivity index (χ2v) is 7.51. The molecule has 1 N–H and O–H groups in total. The van der Waals surface area contributed by atoms with E-state index in [1.54, 1.807) is 24.3 Å². The topological polar surface area (TPSA) is 112 Å². The molecule has 1 atom stereocenters. The Labute approximate surface area is 180 Å². The highest BCUT2D eigenvalue weighted by Gasteiger charge is 2.33. The molecule has 9 heteroatoms. The molecule has 5 aromatic rings. The minimum atomic E-state index is -0.460. The Morgan fingerprint density at radius 3 is 2.81 bits per heavy atom. The van der Waals surface area contributed by atoms with Crippen LogP contribution in [0.1, 0.15) is 24.0 Å². The maximum Gasteiger partial charge on any atom is 0.343 e. The van der Waals surface area contributed by atoms with Gasteiger partial charge in [-0.15, -0.1) is 5.10 Å². The third kappa shape index (κ3) is 2.51. The van der Waals surface area contributed by atoms with E-state index in [2.05, 4.69) is 15.1 Å². The van der Waals surface area contributed by atoms with Gasteiger partial charge in [-0.2, -0.15) is 0 Å². The molecule has 0 amide bonds. The second kappa shape index (κ2) is 6.55. The molecule has 0 saturated heterocycles. The lowest BCUT2D eigenvalue weighted by Crippen LogP contribution is -2.19. The number of nitrogens with zero attached hydrogens (tertiary/aromatic N) is 4. The van der Waals surface area contributed by atoms with Crippen molar-refractivity contribution in [1.29, 1.82) is 0 Å². The quantitative estimate of drug-likeness (QED) is 0.422. The summed E-state index contributed by atoms with van der Waals surface area (Å²) < 4.78 is 18.3. The number of para-hydroxylation sites is 1. The van der Waals surface area contributed by atoms with Crippen LogP contribution in [0.5, 0.6) is 23.1 Å². The Hall–Kier alpha value is -4.40. The number of hydrogen-bond donors (Lipinski definition) is 1. The molecule has 1 unspecified atom stereocenters. The van der Waals surface area contributed by atoms with Gasteiger partial charge in [0.05, 0.1) is 23.6 Å². The molecule has 9 nitrogen and oxygen atoms in total. The van der Waals surface area contributed by atoms with Crippen LogP contribution >= 0.6 is 0 Å². The lowest BCUT2D eigenvalue weighted by molar-refractivity contribution is 0.373. The summed E-state index contributed by atoms with van der Waals surface area (Å²) in [6.45, 7) is 1.89. The van der Waals surface area contributed by atoms with E-state index in [0.717, 1.165) is 0 Å². The van der Waals surface area contributed by atoms with Crippen molar-refractivity contribution in [3.05, 3.63) is 70.3 Å². The fourth-order valence-electron chi connectivity index (χ4n) is 4.13. The first-order valence-corrected chi connectivity index (χ1v) is 9.91. The minimum absolute atomic E-state index is 0.0147. The van der Waals surface area contributed by atoms with Crippen molar-refractivity contribution in [2.75, 3.05) is 7.11 Å². The summed E-state index contributed by atoms with van der Waals surface area (Å²) in [7, 11) is 1.48. The molecule has 0 saturated carbocycles. The third-order valence-electron chi connectivity index (χ3n) is 5.69. The van der Waals surface area contributed by atoms with Crippen LogP contribution in [0.15, 0.2) is 58.0 Å². The van der Waals surface area contributed by atoms with E-state index in [-0.39, 0.29) is 11.7 Å². The largest absolute Gasteiger partial charge is 0.504 e. The van der Waals surface area contributed by atoms with Crippen LogP contribution < -0.4 is 15.1 Å². The molecular formula is C23H16N4O5. The molecular weight excluding hydrogens is 412 g/mol. The van der Waals surface area contributed by atoms with E-state index in [4.69, 9.17) is 13.9 Å². The number of phenols is 1. The van der Waals surface area contributed by atoms with Crippen molar-refractivity contribution in [2.24, 2.45) is 0 Å². The first-order chi connectivity index (χ1) is 15.5. The molecule has 3 aromatic heterocycles. The highest BCUT2D eigenvalue weighted by Crippen LogP contribution is 2.45. The van der Waals surface area contributed by atoms with E-state index in [1.165, 1.54) is 24.0 Å². The molecule has 158 valence electrons. The Morgan fingerprint density at radius 2 is 2.00 bits per heavy atom. The van der Waals surface area contributed by atoms with Crippen molar-refractivity contribution >= 4 is 16.6 Å². The molecule has 2 aromatic carbocycles. The van der Waals surface area contributed by atoms with Gasteiger partial charge in [0.2, 0.25) is 5.88 Å². The first-order valence-electron chi connectivity index (χ1n) is 9.91. The van der Waals surface area contributed by atoms with Crippen molar-refractivity contribution in [3.8, 4) is 34.5 Å². The normalized spacial score (nSPS) is 14.8. The second-order valence-electron chi connectivity index (χ2n) is 7.51. The lowest BCUT2D eigenvalue weighted by atomic mass is 9.92. The lowest BCUT2D eigenvalue weighted by Gasteiger charge is -2.24. The van der Waals surface area contributed by atoms with Gasteiger partial charge >= 0.3 is 5.63 Å². The van der Waals surface area contributed by atoms with E-state index >= 15 is 0 Å². The van der Waals surface area contributed by atoms with Crippen molar-refractivity contribution in [2.45, 2.75) is 12.8 Å². The summed E-state index contributed by atoms with van der Waals surface area (Å²) in [6.07, 6.45) is 1.51. The van der Waals surface area contributed by atoms with Crippen LogP contribution in [0, 0.1) is 0 Å². The zero-order valence-electron chi connectivity index (χ0n) is 17.1. The van der Waals surface area contributed by atoms with Crippen molar-refractivity contribution in [1.82, 2.24) is 19.6 Å². The number of rotatable bonds is 2. The van der Waals surface area contributed by atoms with Crippen molar-refractivity contribution in [3.63, 3.8) is 0 Å². The van der Waals surface area contributed by atoms with E-state index in [9.17, 15) is 9.90 Å².